The summed E-state index contributed by atoms with van der Waals surface area (Å²) in [4.78, 5) is 22.7. The fourth-order valence-electron chi connectivity index (χ4n) is 3.59. The molecule has 1 fully saturated rings. The van der Waals surface area contributed by atoms with Gasteiger partial charge in [-0.25, -0.2) is 4.39 Å². The zero-order chi connectivity index (χ0) is 19.1. The van der Waals surface area contributed by atoms with Crippen LogP contribution in [-0.4, -0.2) is 28.1 Å². The maximum absolute atomic E-state index is 13.4. The van der Waals surface area contributed by atoms with E-state index in [0.29, 0.717) is 12.8 Å². The number of carboxylic acid groups (broad SMARTS) is 1. The maximum atomic E-state index is 13.4. The van der Waals surface area contributed by atoms with Crippen LogP contribution in [0.25, 0.3) is 6.08 Å². The third-order valence-electron chi connectivity index (χ3n) is 5.13. The van der Waals surface area contributed by atoms with Gasteiger partial charge in [-0.3, -0.25) is 9.59 Å². The van der Waals surface area contributed by atoms with Crippen molar-refractivity contribution in [3.05, 3.63) is 41.2 Å². The lowest BCUT2D eigenvalue weighted by molar-refractivity contribution is -0.137. The fraction of sp³-hybridized carbons (Fsp3) is 0.524. The number of hydrogen-bond acceptors (Lipinski definition) is 3. The summed E-state index contributed by atoms with van der Waals surface area (Å²) in [5.41, 5.74) is 1.69. The molecule has 0 aromatic heterocycles. The highest BCUT2D eigenvalue weighted by Crippen LogP contribution is 2.35. The van der Waals surface area contributed by atoms with Gasteiger partial charge in [-0.2, -0.15) is 0 Å². The fourth-order valence-corrected chi connectivity index (χ4v) is 3.59. The summed E-state index contributed by atoms with van der Waals surface area (Å²) in [5.74, 6) is -1.47. The first-order valence-electron chi connectivity index (χ1n) is 9.25. The summed E-state index contributed by atoms with van der Waals surface area (Å²) in [6.07, 6.45) is 7.19. The molecule has 2 rings (SSSR count). The van der Waals surface area contributed by atoms with Crippen LogP contribution < -0.4 is 0 Å². The van der Waals surface area contributed by atoms with E-state index in [2.05, 4.69) is 0 Å². The average Bonchev–Trinajstić information content (AvgIpc) is 2.84. The Balaban J connectivity index is 1.92. The summed E-state index contributed by atoms with van der Waals surface area (Å²) in [6, 6.07) is 4.57. The average molecular weight is 362 g/mol. The van der Waals surface area contributed by atoms with Crippen molar-refractivity contribution in [3.8, 4) is 0 Å². The molecule has 2 N–H and O–H groups in total. The number of aliphatic hydroxyl groups is 1. The minimum Gasteiger partial charge on any atom is -0.481 e. The molecule has 5 heteroatoms. The lowest BCUT2D eigenvalue weighted by atomic mass is 9.88. The Hall–Kier alpha value is -2.01. The minimum absolute atomic E-state index is 0.0775. The second kappa shape index (κ2) is 9.62. The molecule has 4 nitrogen and oxygen atoms in total. The standard InChI is InChI=1S/C21H27FO4/c1-14-8-10-16(22)12-15(14)9-11-18-17(19(23)13-20(18)24)6-4-2-3-5-7-21(25)26/h8-12,17-18,20,24H,2-7,13H2,1H3,(H,25,26)/b11-9+. The van der Waals surface area contributed by atoms with E-state index in [1.54, 1.807) is 12.1 Å². The van der Waals surface area contributed by atoms with Gasteiger partial charge in [0.2, 0.25) is 0 Å². The molecule has 0 amide bonds. The Bertz CT molecular complexity index is 668. The van der Waals surface area contributed by atoms with E-state index in [1.165, 1.54) is 12.1 Å². The van der Waals surface area contributed by atoms with Gasteiger partial charge in [0.1, 0.15) is 11.6 Å². The Morgan fingerprint density at radius 3 is 2.73 bits per heavy atom. The molecule has 1 aliphatic carbocycles. The van der Waals surface area contributed by atoms with Crippen molar-refractivity contribution in [2.24, 2.45) is 11.8 Å². The zero-order valence-corrected chi connectivity index (χ0v) is 15.2. The topological polar surface area (TPSA) is 74.6 Å². The van der Waals surface area contributed by atoms with E-state index in [0.717, 1.165) is 30.4 Å². The Morgan fingerprint density at radius 2 is 2.00 bits per heavy atom. The maximum Gasteiger partial charge on any atom is 0.303 e. The second-order valence-electron chi connectivity index (χ2n) is 7.13. The van der Waals surface area contributed by atoms with E-state index in [4.69, 9.17) is 5.11 Å². The van der Waals surface area contributed by atoms with Crippen molar-refractivity contribution in [1.82, 2.24) is 0 Å². The third kappa shape index (κ3) is 5.77. The molecule has 1 aromatic carbocycles. The summed E-state index contributed by atoms with van der Waals surface area (Å²) in [6.45, 7) is 1.89. The van der Waals surface area contributed by atoms with Gasteiger partial charge in [0.05, 0.1) is 6.10 Å². The van der Waals surface area contributed by atoms with E-state index in [1.807, 2.05) is 13.0 Å². The monoisotopic (exact) mass is 362 g/mol. The number of carboxylic acids is 1. The van der Waals surface area contributed by atoms with Gasteiger partial charge in [0.15, 0.2) is 0 Å². The van der Waals surface area contributed by atoms with Crippen LogP contribution in [0.4, 0.5) is 4.39 Å². The molecule has 0 heterocycles. The highest BCUT2D eigenvalue weighted by atomic mass is 19.1. The first-order valence-corrected chi connectivity index (χ1v) is 9.25. The van der Waals surface area contributed by atoms with E-state index >= 15 is 0 Å². The van der Waals surface area contributed by atoms with E-state index in [-0.39, 0.29) is 36.3 Å². The van der Waals surface area contributed by atoms with Gasteiger partial charge in [-0.05, 0) is 43.0 Å². The van der Waals surface area contributed by atoms with Gasteiger partial charge in [-0.1, -0.05) is 37.5 Å². The first kappa shape index (κ1) is 20.3. The summed E-state index contributed by atoms with van der Waals surface area (Å²) in [7, 11) is 0. The van der Waals surface area contributed by atoms with Crippen LogP contribution in [0.1, 0.15) is 56.1 Å². The lowest BCUT2D eigenvalue weighted by Gasteiger charge is -2.17. The number of rotatable bonds is 9. The first-order chi connectivity index (χ1) is 12.4. The summed E-state index contributed by atoms with van der Waals surface area (Å²) >= 11 is 0. The lowest BCUT2D eigenvalue weighted by Crippen LogP contribution is -2.18. The number of hydrogen-bond donors (Lipinski definition) is 2. The minimum atomic E-state index is -0.781. The number of benzene rings is 1. The molecule has 0 saturated heterocycles. The number of Topliss-reactive ketones (excluding diaryl/α,β-unsaturated/α-hetero) is 1. The van der Waals surface area contributed by atoms with Crippen molar-refractivity contribution in [1.29, 1.82) is 0 Å². The van der Waals surface area contributed by atoms with E-state index in [9.17, 15) is 19.1 Å². The SMILES string of the molecule is Cc1ccc(F)cc1/C=C/C1C(O)CC(=O)C1CCCCCCC(=O)O. The number of aliphatic hydroxyl groups excluding tert-OH is 1. The number of ketones is 1. The molecule has 0 bridgehead atoms. The predicted octanol–water partition coefficient (Wildman–Crippen LogP) is 4.14. The van der Waals surface area contributed by atoms with E-state index < -0.39 is 12.1 Å². The van der Waals surface area contributed by atoms with Crippen LogP contribution in [0.2, 0.25) is 0 Å². The number of carbonyl (C=O) groups excluding carboxylic acids is 1. The van der Waals surface area contributed by atoms with Crippen LogP contribution in [-0.2, 0) is 9.59 Å². The van der Waals surface area contributed by atoms with Crippen molar-refractivity contribution < 1.29 is 24.2 Å². The smallest absolute Gasteiger partial charge is 0.303 e. The Morgan fingerprint density at radius 1 is 1.27 bits per heavy atom. The third-order valence-corrected chi connectivity index (χ3v) is 5.13. The molecule has 0 spiro atoms. The summed E-state index contributed by atoms with van der Waals surface area (Å²) < 4.78 is 13.4. The normalized spacial score (nSPS) is 23.0. The Kier molecular flexibility index (Phi) is 7.51. The van der Waals surface area contributed by atoms with Crippen LogP contribution in [0, 0.1) is 24.6 Å². The largest absolute Gasteiger partial charge is 0.481 e. The van der Waals surface area contributed by atoms with Gasteiger partial charge >= 0.3 is 5.97 Å². The van der Waals surface area contributed by atoms with Crippen LogP contribution in [0.5, 0.6) is 0 Å². The molecule has 3 atom stereocenters. The van der Waals surface area contributed by atoms with Gasteiger partial charge < -0.3 is 10.2 Å². The molecule has 142 valence electrons. The molecular formula is C21H27FO4. The number of carbonyl (C=O) groups is 2. The molecule has 3 unspecified atom stereocenters. The number of halogens is 1. The molecule has 1 saturated carbocycles. The molecule has 1 aromatic rings. The summed E-state index contributed by atoms with van der Waals surface area (Å²) in [5, 5.41) is 18.8. The number of aliphatic carboxylic acids is 1. The number of unbranched alkanes of at least 4 members (excludes halogenated alkanes) is 3. The predicted molar refractivity (Wildman–Crippen MR) is 98.1 cm³/mol. The van der Waals surface area contributed by atoms with Gasteiger partial charge in [0, 0.05) is 24.7 Å². The molecule has 1 aliphatic rings. The zero-order valence-electron chi connectivity index (χ0n) is 15.2. The quantitative estimate of drug-likeness (QED) is 0.648. The van der Waals surface area contributed by atoms with Crippen molar-refractivity contribution in [3.63, 3.8) is 0 Å². The van der Waals surface area contributed by atoms with Gasteiger partial charge in [0.25, 0.3) is 0 Å². The molecule has 0 radical (unpaired) electrons. The Labute approximate surface area is 153 Å². The second-order valence-corrected chi connectivity index (χ2v) is 7.13. The molecular weight excluding hydrogens is 335 g/mol. The number of aryl methyl sites for hydroxylation is 1. The van der Waals surface area contributed by atoms with Gasteiger partial charge in [-0.15, -0.1) is 0 Å². The molecule has 26 heavy (non-hydrogen) atoms. The van der Waals surface area contributed by atoms with Crippen LogP contribution in [0.15, 0.2) is 24.3 Å². The highest BCUT2D eigenvalue weighted by Gasteiger charge is 2.39. The van der Waals surface area contributed by atoms with Crippen molar-refractivity contribution in [2.45, 2.75) is 58.0 Å². The van der Waals surface area contributed by atoms with Crippen molar-refractivity contribution >= 4 is 17.8 Å². The van der Waals surface area contributed by atoms with Crippen LogP contribution in [0.3, 0.4) is 0 Å². The van der Waals surface area contributed by atoms with Crippen molar-refractivity contribution in [2.75, 3.05) is 0 Å². The highest BCUT2D eigenvalue weighted by molar-refractivity contribution is 5.85. The van der Waals surface area contributed by atoms with Crippen LogP contribution >= 0.6 is 0 Å². The molecule has 0 aliphatic heterocycles.